The number of sulfone groups is 1. The van der Waals surface area contributed by atoms with Gasteiger partial charge in [0.2, 0.25) is 5.91 Å². The molecule has 0 heterocycles. The molecule has 0 aromatic heterocycles. The second-order valence-corrected chi connectivity index (χ2v) is 6.05. The molecule has 0 unspecified atom stereocenters. The molecule has 0 radical (unpaired) electrons. The van der Waals surface area contributed by atoms with Crippen LogP contribution in [0.4, 0.5) is 11.4 Å². The highest BCUT2D eigenvalue weighted by Gasteiger charge is 2.19. The Balaban J connectivity index is 3.09. The van der Waals surface area contributed by atoms with Crippen molar-refractivity contribution in [1.29, 1.82) is 0 Å². The molecule has 0 aliphatic rings. The van der Waals surface area contributed by atoms with Gasteiger partial charge in [0.15, 0.2) is 9.84 Å². The zero-order valence-electron chi connectivity index (χ0n) is 10.2. The average Bonchev–Trinajstić information content (AvgIpc) is 2.25. The summed E-state index contributed by atoms with van der Waals surface area (Å²) < 4.78 is 21.9. The maximum Gasteiger partial charge on any atom is 0.338 e. The van der Waals surface area contributed by atoms with Crippen LogP contribution in [0, 0.1) is 10.1 Å². The third-order valence-electron chi connectivity index (χ3n) is 2.11. The van der Waals surface area contributed by atoms with Gasteiger partial charge in [0.25, 0.3) is 5.69 Å². The largest absolute Gasteiger partial charge is 0.478 e. The van der Waals surface area contributed by atoms with Crippen LogP contribution < -0.4 is 5.32 Å². The van der Waals surface area contributed by atoms with Gasteiger partial charge in [-0.3, -0.25) is 14.9 Å². The SMILES string of the molecule is CS(=O)(=O)CC(=O)Nc1ccc([N+](=O)[O-])cc1C(=O)O. The van der Waals surface area contributed by atoms with E-state index in [2.05, 4.69) is 5.32 Å². The maximum atomic E-state index is 11.4. The van der Waals surface area contributed by atoms with E-state index in [0.717, 1.165) is 24.5 Å². The Morgan fingerprint density at radius 1 is 1.40 bits per heavy atom. The van der Waals surface area contributed by atoms with E-state index in [-0.39, 0.29) is 5.69 Å². The molecule has 9 nitrogen and oxygen atoms in total. The van der Waals surface area contributed by atoms with Gasteiger partial charge in [-0.25, -0.2) is 13.2 Å². The van der Waals surface area contributed by atoms with Crippen molar-refractivity contribution in [2.24, 2.45) is 0 Å². The molecule has 108 valence electrons. The number of nitrogens with zero attached hydrogens (tertiary/aromatic N) is 1. The van der Waals surface area contributed by atoms with Crippen molar-refractivity contribution in [3.63, 3.8) is 0 Å². The van der Waals surface area contributed by atoms with Crippen LogP contribution in [-0.2, 0) is 14.6 Å². The van der Waals surface area contributed by atoms with E-state index in [4.69, 9.17) is 5.11 Å². The smallest absolute Gasteiger partial charge is 0.338 e. The minimum Gasteiger partial charge on any atom is -0.478 e. The molecule has 2 N–H and O–H groups in total. The fourth-order valence-corrected chi connectivity index (χ4v) is 1.90. The van der Waals surface area contributed by atoms with Crippen molar-refractivity contribution in [3.05, 3.63) is 33.9 Å². The summed E-state index contributed by atoms with van der Waals surface area (Å²) in [6.07, 6.45) is 0.848. The van der Waals surface area contributed by atoms with Crippen LogP contribution in [0.1, 0.15) is 10.4 Å². The summed E-state index contributed by atoms with van der Waals surface area (Å²) in [6.45, 7) is 0. The minimum atomic E-state index is -3.57. The van der Waals surface area contributed by atoms with Crippen LogP contribution in [0.5, 0.6) is 0 Å². The van der Waals surface area contributed by atoms with Crippen molar-refractivity contribution in [1.82, 2.24) is 0 Å². The molecule has 0 fully saturated rings. The Labute approximate surface area is 113 Å². The van der Waals surface area contributed by atoms with E-state index in [1.165, 1.54) is 0 Å². The third kappa shape index (κ3) is 4.31. The van der Waals surface area contributed by atoms with Gasteiger partial charge in [-0.05, 0) is 6.07 Å². The molecule has 0 spiro atoms. The van der Waals surface area contributed by atoms with Gasteiger partial charge in [-0.1, -0.05) is 0 Å². The molecule has 0 aliphatic heterocycles. The van der Waals surface area contributed by atoms with Gasteiger partial charge in [0.05, 0.1) is 16.2 Å². The quantitative estimate of drug-likeness (QED) is 0.587. The lowest BCUT2D eigenvalue weighted by molar-refractivity contribution is -0.384. The number of nitrogens with one attached hydrogen (secondary N) is 1. The van der Waals surface area contributed by atoms with Gasteiger partial charge in [-0.2, -0.15) is 0 Å². The zero-order chi connectivity index (χ0) is 15.5. The molecule has 1 aromatic rings. The number of anilines is 1. The summed E-state index contributed by atoms with van der Waals surface area (Å²) in [5.74, 6) is -3.23. The number of nitro groups is 1. The Bertz CT molecular complexity index is 681. The van der Waals surface area contributed by atoms with Crippen LogP contribution in [0.15, 0.2) is 18.2 Å². The summed E-state index contributed by atoms with van der Waals surface area (Å²) in [4.78, 5) is 32.1. The molecule has 20 heavy (non-hydrogen) atoms. The zero-order valence-corrected chi connectivity index (χ0v) is 11.0. The second-order valence-electron chi connectivity index (χ2n) is 3.91. The molecular formula is C10H10N2O7S. The minimum absolute atomic E-state index is 0.211. The lowest BCUT2D eigenvalue weighted by Crippen LogP contribution is -2.23. The van der Waals surface area contributed by atoms with E-state index >= 15 is 0 Å². The number of carbonyl (C=O) groups excluding carboxylic acids is 1. The summed E-state index contributed by atoms with van der Waals surface area (Å²) in [5, 5.41) is 21.6. The molecule has 0 saturated heterocycles. The Kier molecular flexibility index (Phi) is 4.40. The van der Waals surface area contributed by atoms with E-state index < -0.39 is 43.6 Å². The topological polar surface area (TPSA) is 144 Å². The highest BCUT2D eigenvalue weighted by atomic mass is 32.2. The fourth-order valence-electron chi connectivity index (χ4n) is 1.36. The number of hydrogen-bond donors (Lipinski definition) is 2. The number of hydrogen-bond acceptors (Lipinski definition) is 6. The van der Waals surface area contributed by atoms with Crippen molar-refractivity contribution in [2.75, 3.05) is 17.3 Å². The lowest BCUT2D eigenvalue weighted by Gasteiger charge is -2.07. The molecular weight excluding hydrogens is 292 g/mol. The molecule has 0 aliphatic carbocycles. The first-order valence-corrected chi connectivity index (χ1v) is 7.15. The van der Waals surface area contributed by atoms with Crippen molar-refractivity contribution in [2.45, 2.75) is 0 Å². The standard InChI is InChI=1S/C10H10N2O7S/c1-20(18,19)5-9(13)11-8-3-2-6(12(16)17)4-7(8)10(14)15/h2-4H,5H2,1H3,(H,11,13)(H,14,15). The summed E-state index contributed by atoms with van der Waals surface area (Å²) in [5.41, 5.74) is -1.17. The van der Waals surface area contributed by atoms with Crippen LogP contribution in [0.2, 0.25) is 0 Å². The Hall–Kier alpha value is -2.49. The van der Waals surface area contributed by atoms with Gasteiger partial charge in [-0.15, -0.1) is 0 Å². The van der Waals surface area contributed by atoms with Crippen molar-refractivity contribution >= 4 is 33.1 Å². The molecule has 0 bridgehead atoms. The summed E-state index contributed by atoms with van der Waals surface area (Å²) in [6, 6.07) is 2.81. The lowest BCUT2D eigenvalue weighted by atomic mass is 10.1. The average molecular weight is 302 g/mol. The number of carboxylic acids is 1. The number of aromatic carboxylic acids is 1. The number of rotatable bonds is 5. The summed E-state index contributed by atoms with van der Waals surface area (Å²) >= 11 is 0. The van der Waals surface area contributed by atoms with E-state index in [0.29, 0.717) is 0 Å². The monoisotopic (exact) mass is 302 g/mol. The predicted molar refractivity (Wildman–Crippen MR) is 68.4 cm³/mol. The highest BCUT2D eigenvalue weighted by Crippen LogP contribution is 2.22. The predicted octanol–water partition coefficient (Wildman–Crippen LogP) is 0.276. The van der Waals surface area contributed by atoms with Crippen LogP contribution in [0.3, 0.4) is 0 Å². The van der Waals surface area contributed by atoms with Crippen molar-refractivity contribution in [3.8, 4) is 0 Å². The number of benzene rings is 1. The van der Waals surface area contributed by atoms with Gasteiger partial charge >= 0.3 is 5.97 Å². The maximum absolute atomic E-state index is 11.4. The number of non-ortho nitro benzene ring substituents is 1. The van der Waals surface area contributed by atoms with Gasteiger partial charge in [0.1, 0.15) is 5.75 Å². The van der Waals surface area contributed by atoms with E-state index in [9.17, 15) is 28.1 Å². The normalized spacial score (nSPS) is 10.8. The summed E-state index contributed by atoms with van der Waals surface area (Å²) in [7, 11) is -3.57. The molecule has 10 heteroatoms. The van der Waals surface area contributed by atoms with Crippen LogP contribution in [0.25, 0.3) is 0 Å². The number of carbonyl (C=O) groups is 2. The first kappa shape index (κ1) is 15.6. The molecule has 0 atom stereocenters. The molecule has 0 saturated carbocycles. The van der Waals surface area contributed by atoms with E-state index in [1.54, 1.807) is 0 Å². The molecule has 1 aromatic carbocycles. The number of nitro benzene ring substituents is 1. The fraction of sp³-hybridized carbons (Fsp3) is 0.200. The number of carboxylic acid groups (broad SMARTS) is 1. The molecule has 1 rings (SSSR count). The highest BCUT2D eigenvalue weighted by molar-refractivity contribution is 7.91. The Morgan fingerprint density at radius 2 is 2.00 bits per heavy atom. The van der Waals surface area contributed by atoms with Gasteiger partial charge < -0.3 is 10.4 Å². The van der Waals surface area contributed by atoms with E-state index in [1.807, 2.05) is 0 Å². The second kappa shape index (κ2) is 5.65. The van der Waals surface area contributed by atoms with Gasteiger partial charge in [0, 0.05) is 18.4 Å². The third-order valence-corrected chi connectivity index (χ3v) is 2.90. The first-order chi connectivity index (χ1) is 9.10. The first-order valence-electron chi connectivity index (χ1n) is 5.09. The van der Waals surface area contributed by atoms with Crippen LogP contribution in [-0.4, -0.2) is 42.3 Å². The number of amides is 1. The molecule has 1 amide bonds. The van der Waals surface area contributed by atoms with Crippen LogP contribution >= 0.6 is 0 Å². The Morgan fingerprint density at radius 3 is 2.45 bits per heavy atom. The van der Waals surface area contributed by atoms with Crippen molar-refractivity contribution < 1.29 is 28.0 Å².